The molecule has 0 heterocycles. The molecular weight excluding hydrogens is 508 g/mol. The van der Waals surface area contributed by atoms with Gasteiger partial charge < -0.3 is 8.97 Å². The van der Waals surface area contributed by atoms with Gasteiger partial charge in [0.25, 0.3) is 0 Å². The molecule has 0 fully saturated rings. The quantitative estimate of drug-likeness (QED) is 0.0535. The van der Waals surface area contributed by atoms with E-state index in [4.69, 9.17) is 0 Å². The van der Waals surface area contributed by atoms with Gasteiger partial charge in [-0.05, 0) is 77.0 Å². The van der Waals surface area contributed by atoms with Crippen molar-refractivity contribution in [2.45, 2.75) is 209 Å². The fourth-order valence-electron chi connectivity index (χ4n) is 6.81. The molecule has 0 aromatic carbocycles. The lowest BCUT2D eigenvalue weighted by Gasteiger charge is -2.39. The van der Waals surface area contributed by atoms with Crippen LogP contribution < -0.4 is 0 Å². The molecule has 0 atom stereocenters. The van der Waals surface area contributed by atoms with Crippen LogP contribution in [0.2, 0.25) is 0 Å². The van der Waals surface area contributed by atoms with Crippen LogP contribution in [0.1, 0.15) is 209 Å². The van der Waals surface area contributed by atoms with Gasteiger partial charge in [0.2, 0.25) is 0 Å². The van der Waals surface area contributed by atoms with Crippen LogP contribution in [-0.2, 0) is 0 Å². The Morgan fingerprint density at radius 2 is 0.357 bits per heavy atom. The van der Waals surface area contributed by atoms with Crippen molar-refractivity contribution in [3.63, 3.8) is 0 Å². The van der Waals surface area contributed by atoms with Gasteiger partial charge in [0.15, 0.2) is 0 Å². The monoisotopic (exact) mass is 597 g/mol. The van der Waals surface area contributed by atoms with Crippen molar-refractivity contribution in [2.75, 3.05) is 52.4 Å². The summed E-state index contributed by atoms with van der Waals surface area (Å²) in [7, 11) is 0. The van der Waals surface area contributed by atoms with E-state index >= 15 is 0 Å². The maximum atomic E-state index is 2.34. The molecule has 2 nitrogen and oxygen atoms in total. The summed E-state index contributed by atoms with van der Waals surface area (Å²) in [6.07, 6.45) is 33.9. The molecule has 0 amide bonds. The summed E-state index contributed by atoms with van der Waals surface area (Å²) < 4.78 is 2.88. The van der Waals surface area contributed by atoms with Crippen molar-refractivity contribution in [2.24, 2.45) is 0 Å². The van der Waals surface area contributed by atoms with E-state index in [2.05, 4.69) is 55.4 Å². The number of nitrogens with zero attached hydrogens (tertiary/aromatic N) is 2. The molecule has 0 bridgehead atoms. The van der Waals surface area contributed by atoms with Gasteiger partial charge in [-0.25, -0.2) is 0 Å². The largest absolute Gasteiger partial charge is 0.324 e. The van der Waals surface area contributed by atoms with Crippen LogP contribution in [-0.4, -0.2) is 61.3 Å². The maximum absolute atomic E-state index is 2.34. The SMILES string of the molecule is CCCCCC[N+](CCCCCC)(CCCCCC)CCCCCC.CCCC[N+](CCCC)(CCCC)CCCC. The summed E-state index contributed by atoms with van der Waals surface area (Å²) >= 11 is 0. The first-order chi connectivity index (χ1) is 20.5. The third-order valence-electron chi connectivity index (χ3n) is 9.89. The van der Waals surface area contributed by atoms with Crippen molar-refractivity contribution in [1.82, 2.24) is 0 Å². The molecule has 0 saturated carbocycles. The Morgan fingerprint density at radius 3 is 0.524 bits per heavy atom. The molecule has 2 heteroatoms. The zero-order chi connectivity index (χ0) is 31.6. The minimum atomic E-state index is 1.35. The van der Waals surface area contributed by atoms with Gasteiger partial charge in [-0.3, -0.25) is 0 Å². The van der Waals surface area contributed by atoms with E-state index in [0.29, 0.717) is 0 Å². The van der Waals surface area contributed by atoms with Crippen LogP contribution in [0.25, 0.3) is 0 Å². The fourth-order valence-corrected chi connectivity index (χ4v) is 6.81. The van der Waals surface area contributed by atoms with Crippen LogP contribution in [0.4, 0.5) is 0 Å². The van der Waals surface area contributed by atoms with E-state index in [1.807, 2.05) is 0 Å². The average Bonchev–Trinajstić information content (AvgIpc) is 3.01. The lowest BCUT2D eigenvalue weighted by Crippen LogP contribution is -2.50. The molecule has 0 aliphatic carbocycles. The molecule has 0 aliphatic heterocycles. The molecule has 0 aromatic heterocycles. The Hall–Kier alpha value is -0.0800. The molecule has 0 N–H and O–H groups in total. The van der Waals surface area contributed by atoms with Gasteiger partial charge in [-0.15, -0.1) is 0 Å². The van der Waals surface area contributed by atoms with Gasteiger partial charge in [0, 0.05) is 0 Å². The third-order valence-corrected chi connectivity index (χ3v) is 9.89. The number of hydrogen-bond donors (Lipinski definition) is 0. The zero-order valence-corrected chi connectivity index (χ0v) is 31.5. The van der Waals surface area contributed by atoms with Crippen LogP contribution >= 0.6 is 0 Å². The molecular formula is C40H88N2+2. The Bertz CT molecular complexity index is 397. The summed E-state index contributed by atoms with van der Waals surface area (Å²) in [6.45, 7) is 30.2. The summed E-state index contributed by atoms with van der Waals surface area (Å²) in [4.78, 5) is 0. The van der Waals surface area contributed by atoms with E-state index in [9.17, 15) is 0 Å². The van der Waals surface area contributed by atoms with E-state index in [1.54, 1.807) is 0 Å². The van der Waals surface area contributed by atoms with Gasteiger partial charge in [-0.1, -0.05) is 132 Å². The summed E-state index contributed by atoms with van der Waals surface area (Å²) in [6, 6.07) is 0. The first-order valence-electron chi connectivity index (χ1n) is 20.2. The minimum absolute atomic E-state index is 1.35. The first kappa shape index (κ1) is 44.0. The second-order valence-electron chi connectivity index (χ2n) is 14.1. The molecule has 42 heavy (non-hydrogen) atoms. The average molecular weight is 597 g/mol. The zero-order valence-electron chi connectivity index (χ0n) is 31.5. The molecule has 0 radical (unpaired) electrons. The molecule has 0 aliphatic rings. The third kappa shape index (κ3) is 26.3. The second-order valence-corrected chi connectivity index (χ2v) is 14.1. The number of quaternary nitrogens is 2. The highest BCUT2D eigenvalue weighted by atomic mass is 15.4. The van der Waals surface area contributed by atoms with E-state index in [0.717, 1.165) is 0 Å². The lowest BCUT2D eigenvalue weighted by molar-refractivity contribution is -0.929. The first-order valence-corrected chi connectivity index (χ1v) is 20.2. The lowest BCUT2D eigenvalue weighted by atomic mass is 10.1. The van der Waals surface area contributed by atoms with Crippen molar-refractivity contribution in [3.05, 3.63) is 0 Å². The van der Waals surface area contributed by atoms with Gasteiger partial charge >= 0.3 is 0 Å². The van der Waals surface area contributed by atoms with Crippen LogP contribution in [0.15, 0.2) is 0 Å². The topological polar surface area (TPSA) is 0 Å². The Morgan fingerprint density at radius 1 is 0.190 bits per heavy atom. The molecule has 0 unspecified atom stereocenters. The molecule has 256 valence electrons. The van der Waals surface area contributed by atoms with Crippen molar-refractivity contribution < 1.29 is 8.97 Å². The highest BCUT2D eigenvalue weighted by Crippen LogP contribution is 2.20. The fraction of sp³-hybridized carbons (Fsp3) is 1.00. The minimum Gasteiger partial charge on any atom is -0.324 e. The summed E-state index contributed by atoms with van der Waals surface area (Å²) in [5, 5.41) is 0. The van der Waals surface area contributed by atoms with E-state index in [1.165, 1.54) is 215 Å². The Balaban J connectivity index is 0. The van der Waals surface area contributed by atoms with Crippen LogP contribution in [0.5, 0.6) is 0 Å². The van der Waals surface area contributed by atoms with E-state index < -0.39 is 0 Å². The van der Waals surface area contributed by atoms with Gasteiger partial charge in [0.05, 0.1) is 52.4 Å². The maximum Gasteiger partial charge on any atom is 0.0786 e. The van der Waals surface area contributed by atoms with Crippen molar-refractivity contribution in [1.29, 1.82) is 0 Å². The molecule has 0 spiro atoms. The van der Waals surface area contributed by atoms with Crippen LogP contribution in [0.3, 0.4) is 0 Å². The Labute approximate surface area is 270 Å². The number of rotatable bonds is 32. The molecule has 0 aromatic rings. The van der Waals surface area contributed by atoms with Gasteiger partial charge in [-0.2, -0.15) is 0 Å². The highest BCUT2D eigenvalue weighted by Gasteiger charge is 2.26. The summed E-state index contributed by atoms with van der Waals surface area (Å²) in [5.41, 5.74) is 0. The van der Waals surface area contributed by atoms with Crippen molar-refractivity contribution >= 4 is 0 Å². The number of hydrogen-bond acceptors (Lipinski definition) is 0. The predicted molar refractivity (Wildman–Crippen MR) is 196 cm³/mol. The van der Waals surface area contributed by atoms with Gasteiger partial charge in [0.1, 0.15) is 0 Å². The molecule has 0 rings (SSSR count). The normalized spacial score (nSPS) is 12.0. The molecule has 0 saturated heterocycles. The van der Waals surface area contributed by atoms with Crippen LogP contribution in [0, 0.1) is 0 Å². The van der Waals surface area contributed by atoms with E-state index in [-0.39, 0.29) is 0 Å². The Kier molecular flexibility index (Phi) is 35.5. The smallest absolute Gasteiger partial charge is 0.0786 e. The number of unbranched alkanes of at least 4 members (excludes halogenated alkanes) is 16. The second kappa shape index (κ2) is 33.8. The summed E-state index contributed by atoms with van der Waals surface area (Å²) in [5.74, 6) is 0. The predicted octanol–water partition coefficient (Wildman–Crippen LogP) is 13.1. The standard InChI is InChI=1S/C24H52N.C16H36N/c1-5-9-13-17-21-25(22-18-14-10-6-2,23-19-15-11-7-3)24-20-16-12-8-4;1-5-9-13-17(14-10-6-2,15-11-7-3)16-12-8-4/h5-24H2,1-4H3;5-16H2,1-4H3/q2*+1. The van der Waals surface area contributed by atoms with Crippen molar-refractivity contribution in [3.8, 4) is 0 Å². The highest BCUT2D eigenvalue weighted by molar-refractivity contribution is 4.54.